The maximum Gasteiger partial charge on any atom is 0.171 e. The Hall–Kier alpha value is -1.59. The molecule has 1 heterocycles. The van der Waals surface area contributed by atoms with Gasteiger partial charge in [0.15, 0.2) is 5.11 Å². The molecule has 3 nitrogen and oxygen atoms in total. The number of nitrogens with one attached hydrogen (secondary N) is 2. The van der Waals surface area contributed by atoms with Crippen LogP contribution in [0.15, 0.2) is 41.0 Å². The summed E-state index contributed by atoms with van der Waals surface area (Å²) in [6.45, 7) is 0.480. The van der Waals surface area contributed by atoms with Crippen molar-refractivity contribution in [1.82, 2.24) is 5.32 Å². The van der Waals surface area contributed by atoms with E-state index in [1.807, 2.05) is 6.07 Å². The molecule has 0 aliphatic carbocycles. The lowest BCUT2D eigenvalue weighted by atomic mass is 10.3. The molecule has 2 N–H and O–H groups in total. The zero-order valence-corrected chi connectivity index (χ0v) is 10.8. The van der Waals surface area contributed by atoms with Gasteiger partial charge in [-0.05, 0) is 42.5 Å². The average Bonchev–Trinajstić information content (AvgIpc) is 2.84. The molecule has 0 atom stereocenters. The van der Waals surface area contributed by atoms with Gasteiger partial charge in [-0.3, -0.25) is 0 Å². The molecule has 0 spiro atoms. The minimum Gasteiger partial charge on any atom is -0.467 e. The first kappa shape index (κ1) is 12.9. The predicted molar refractivity (Wildman–Crippen MR) is 73.2 cm³/mol. The van der Waals surface area contributed by atoms with Crippen LogP contribution in [0.5, 0.6) is 0 Å². The summed E-state index contributed by atoms with van der Waals surface area (Å²) < 4.78 is 18.1. The average molecular weight is 285 g/mol. The largest absolute Gasteiger partial charge is 0.467 e. The fourth-order valence-corrected chi connectivity index (χ4v) is 1.70. The van der Waals surface area contributed by atoms with E-state index in [9.17, 15) is 4.39 Å². The Balaban J connectivity index is 1.88. The molecule has 94 valence electrons. The zero-order chi connectivity index (χ0) is 13.0. The van der Waals surface area contributed by atoms with Crippen molar-refractivity contribution in [2.24, 2.45) is 0 Å². The molecule has 1 aromatic heterocycles. The van der Waals surface area contributed by atoms with E-state index in [1.54, 1.807) is 18.4 Å². The SMILES string of the molecule is Fc1ccc(NC(=S)NCc2ccco2)cc1Cl. The Morgan fingerprint density at radius 1 is 1.39 bits per heavy atom. The molecule has 2 rings (SSSR count). The fraction of sp³-hybridized carbons (Fsp3) is 0.0833. The van der Waals surface area contributed by atoms with E-state index >= 15 is 0 Å². The Morgan fingerprint density at radius 3 is 2.89 bits per heavy atom. The van der Waals surface area contributed by atoms with E-state index in [2.05, 4.69) is 10.6 Å². The highest BCUT2D eigenvalue weighted by atomic mass is 35.5. The van der Waals surface area contributed by atoms with E-state index < -0.39 is 5.82 Å². The summed E-state index contributed by atoms with van der Waals surface area (Å²) in [5.41, 5.74) is 0.623. The highest BCUT2D eigenvalue weighted by molar-refractivity contribution is 7.80. The third-order valence-electron chi connectivity index (χ3n) is 2.18. The van der Waals surface area contributed by atoms with Gasteiger partial charge in [-0.2, -0.15) is 0 Å². The van der Waals surface area contributed by atoms with Gasteiger partial charge in [-0.25, -0.2) is 4.39 Å². The third-order valence-corrected chi connectivity index (χ3v) is 2.72. The van der Waals surface area contributed by atoms with E-state index in [-0.39, 0.29) is 5.02 Å². The Bertz CT molecular complexity index is 545. The summed E-state index contributed by atoms with van der Waals surface area (Å²) in [5.74, 6) is 0.313. The molecule has 0 aliphatic heterocycles. The van der Waals surface area contributed by atoms with Crippen LogP contribution < -0.4 is 10.6 Å². The lowest BCUT2D eigenvalue weighted by Gasteiger charge is -2.09. The summed E-state index contributed by atoms with van der Waals surface area (Å²) in [6, 6.07) is 7.94. The molecule has 0 saturated carbocycles. The number of hydrogen-bond acceptors (Lipinski definition) is 2. The molecule has 2 aromatic rings. The van der Waals surface area contributed by atoms with E-state index in [0.717, 1.165) is 5.76 Å². The maximum atomic E-state index is 12.9. The first-order valence-corrected chi connectivity index (χ1v) is 5.96. The summed E-state index contributed by atoms with van der Waals surface area (Å²) in [4.78, 5) is 0. The molecular formula is C12H10ClFN2OS. The van der Waals surface area contributed by atoms with Gasteiger partial charge in [0, 0.05) is 5.69 Å². The van der Waals surface area contributed by atoms with Crippen LogP contribution in [0.2, 0.25) is 5.02 Å². The number of anilines is 1. The van der Waals surface area contributed by atoms with Crippen molar-refractivity contribution >= 4 is 34.6 Å². The molecule has 0 fully saturated rings. The van der Waals surface area contributed by atoms with Crippen LogP contribution >= 0.6 is 23.8 Å². The zero-order valence-electron chi connectivity index (χ0n) is 9.24. The van der Waals surface area contributed by atoms with Crippen molar-refractivity contribution in [2.45, 2.75) is 6.54 Å². The molecule has 0 saturated heterocycles. The molecule has 0 unspecified atom stereocenters. The minimum atomic E-state index is -0.461. The number of thiocarbonyl (C=S) groups is 1. The van der Waals surface area contributed by atoms with E-state index in [0.29, 0.717) is 17.3 Å². The van der Waals surface area contributed by atoms with Crippen LogP contribution in [-0.2, 0) is 6.54 Å². The monoisotopic (exact) mass is 284 g/mol. The summed E-state index contributed by atoms with van der Waals surface area (Å²) in [7, 11) is 0. The van der Waals surface area contributed by atoms with E-state index in [1.165, 1.54) is 12.1 Å². The molecule has 0 bridgehead atoms. The first-order chi connectivity index (χ1) is 8.65. The molecule has 1 aromatic carbocycles. The molecular weight excluding hydrogens is 275 g/mol. The number of halogens is 2. The Labute approximate surface area is 114 Å². The second-order valence-corrected chi connectivity index (χ2v) is 4.33. The lowest BCUT2D eigenvalue weighted by Crippen LogP contribution is -2.27. The van der Waals surface area contributed by atoms with Crippen molar-refractivity contribution in [2.75, 3.05) is 5.32 Å². The fourth-order valence-electron chi connectivity index (χ4n) is 1.33. The van der Waals surface area contributed by atoms with Crippen molar-refractivity contribution in [3.05, 3.63) is 53.2 Å². The molecule has 0 amide bonds. The van der Waals surface area contributed by atoms with Gasteiger partial charge in [-0.15, -0.1) is 0 Å². The van der Waals surface area contributed by atoms with Crippen molar-refractivity contribution in [1.29, 1.82) is 0 Å². The van der Waals surface area contributed by atoms with E-state index in [4.69, 9.17) is 28.2 Å². The lowest BCUT2D eigenvalue weighted by molar-refractivity contribution is 0.503. The number of benzene rings is 1. The van der Waals surface area contributed by atoms with Gasteiger partial charge < -0.3 is 15.1 Å². The summed E-state index contributed by atoms with van der Waals surface area (Å²) in [5, 5.41) is 6.32. The smallest absolute Gasteiger partial charge is 0.171 e. The predicted octanol–water partition coefficient (Wildman–Crippen LogP) is 3.56. The van der Waals surface area contributed by atoms with Crippen LogP contribution in [0.4, 0.5) is 10.1 Å². The Kier molecular flexibility index (Phi) is 4.17. The second kappa shape index (κ2) is 5.84. The van der Waals surface area contributed by atoms with Crippen LogP contribution in [-0.4, -0.2) is 5.11 Å². The van der Waals surface area contributed by atoms with Crippen LogP contribution in [0.3, 0.4) is 0 Å². The van der Waals surface area contributed by atoms with Gasteiger partial charge in [0.1, 0.15) is 11.6 Å². The van der Waals surface area contributed by atoms with Gasteiger partial charge in [-0.1, -0.05) is 11.6 Å². The maximum absolute atomic E-state index is 12.9. The van der Waals surface area contributed by atoms with Crippen molar-refractivity contribution in [3.8, 4) is 0 Å². The normalized spacial score (nSPS) is 10.1. The first-order valence-electron chi connectivity index (χ1n) is 5.17. The van der Waals surface area contributed by atoms with Crippen molar-refractivity contribution < 1.29 is 8.81 Å². The highest BCUT2D eigenvalue weighted by Crippen LogP contribution is 2.19. The number of hydrogen-bond donors (Lipinski definition) is 2. The molecule has 0 aliphatic rings. The standard InChI is InChI=1S/C12H10ClFN2OS/c13-10-6-8(3-4-11(10)14)16-12(18)15-7-9-2-1-5-17-9/h1-6H,7H2,(H2,15,16,18). The van der Waals surface area contributed by atoms with Crippen LogP contribution in [0.1, 0.15) is 5.76 Å². The molecule has 18 heavy (non-hydrogen) atoms. The van der Waals surface area contributed by atoms with Crippen LogP contribution in [0.25, 0.3) is 0 Å². The third kappa shape index (κ3) is 3.45. The topological polar surface area (TPSA) is 37.2 Å². The van der Waals surface area contributed by atoms with Gasteiger partial charge >= 0.3 is 0 Å². The van der Waals surface area contributed by atoms with Gasteiger partial charge in [0.2, 0.25) is 0 Å². The highest BCUT2D eigenvalue weighted by Gasteiger charge is 2.03. The van der Waals surface area contributed by atoms with Crippen LogP contribution in [0, 0.1) is 5.82 Å². The quantitative estimate of drug-likeness (QED) is 0.845. The van der Waals surface area contributed by atoms with Gasteiger partial charge in [0.25, 0.3) is 0 Å². The second-order valence-electron chi connectivity index (χ2n) is 3.52. The minimum absolute atomic E-state index is 0.0498. The Morgan fingerprint density at radius 2 is 2.22 bits per heavy atom. The number of rotatable bonds is 3. The summed E-state index contributed by atoms with van der Waals surface area (Å²) >= 11 is 10.7. The summed E-state index contributed by atoms with van der Waals surface area (Å²) in [6.07, 6.45) is 1.59. The van der Waals surface area contributed by atoms with Crippen molar-refractivity contribution in [3.63, 3.8) is 0 Å². The molecule has 6 heteroatoms. The van der Waals surface area contributed by atoms with Gasteiger partial charge in [0.05, 0.1) is 17.8 Å². The number of furan rings is 1. The molecule has 0 radical (unpaired) electrons.